The second-order valence-corrected chi connectivity index (χ2v) is 8.41. The molecule has 4 nitrogen and oxygen atoms in total. The van der Waals surface area contributed by atoms with E-state index in [1.165, 1.54) is 23.5 Å². The van der Waals surface area contributed by atoms with E-state index in [1.54, 1.807) is 30.5 Å². The van der Waals surface area contributed by atoms with Crippen LogP contribution in [0.2, 0.25) is 0 Å². The van der Waals surface area contributed by atoms with Crippen molar-refractivity contribution in [2.45, 2.75) is 19.9 Å². The molecule has 0 bridgehead atoms. The smallest absolute Gasteiger partial charge is 0.256 e. The SMILES string of the molecule is Cc1sc(NC(=O)c2ccccc2)c([C@@H](Nc2ccccn2)c2ccc(F)cc2)c1C. The second kappa shape index (κ2) is 9.10. The van der Waals surface area contributed by atoms with Gasteiger partial charge in [0.05, 0.1) is 6.04 Å². The zero-order valence-corrected chi connectivity index (χ0v) is 18.0. The number of anilines is 2. The summed E-state index contributed by atoms with van der Waals surface area (Å²) >= 11 is 1.53. The van der Waals surface area contributed by atoms with E-state index in [0.29, 0.717) is 11.4 Å². The number of aryl methyl sites for hydroxylation is 1. The molecule has 2 aromatic carbocycles. The molecule has 0 saturated carbocycles. The van der Waals surface area contributed by atoms with Crippen LogP contribution in [0.1, 0.15) is 38.0 Å². The molecule has 31 heavy (non-hydrogen) atoms. The van der Waals surface area contributed by atoms with Crippen molar-refractivity contribution in [3.8, 4) is 0 Å². The number of thiophene rings is 1. The number of nitrogens with zero attached hydrogens (tertiary/aromatic N) is 1. The molecule has 0 fully saturated rings. The fourth-order valence-electron chi connectivity index (χ4n) is 3.42. The molecule has 0 radical (unpaired) electrons. The molecule has 1 amide bonds. The van der Waals surface area contributed by atoms with Crippen LogP contribution in [0.4, 0.5) is 15.2 Å². The predicted octanol–water partition coefficient (Wildman–Crippen LogP) is 6.35. The van der Waals surface area contributed by atoms with Gasteiger partial charge in [0, 0.05) is 22.2 Å². The summed E-state index contributed by atoms with van der Waals surface area (Å²) in [6.07, 6.45) is 1.72. The van der Waals surface area contributed by atoms with Crippen LogP contribution in [-0.2, 0) is 0 Å². The maximum Gasteiger partial charge on any atom is 0.256 e. The molecule has 156 valence electrons. The van der Waals surface area contributed by atoms with Crippen molar-refractivity contribution < 1.29 is 9.18 Å². The maximum atomic E-state index is 13.6. The summed E-state index contributed by atoms with van der Waals surface area (Å²) in [5.41, 5.74) is 3.49. The van der Waals surface area contributed by atoms with Crippen molar-refractivity contribution in [2.24, 2.45) is 0 Å². The molecule has 0 spiro atoms. The monoisotopic (exact) mass is 431 g/mol. The highest BCUT2D eigenvalue weighted by Gasteiger charge is 2.25. The third-order valence-electron chi connectivity index (χ3n) is 5.14. The van der Waals surface area contributed by atoms with Crippen LogP contribution in [0.3, 0.4) is 0 Å². The summed E-state index contributed by atoms with van der Waals surface area (Å²) in [7, 11) is 0. The van der Waals surface area contributed by atoms with Gasteiger partial charge >= 0.3 is 0 Å². The first-order chi connectivity index (χ1) is 15.0. The molecule has 4 aromatic rings. The molecule has 0 aliphatic carbocycles. The second-order valence-electron chi connectivity index (χ2n) is 7.19. The van der Waals surface area contributed by atoms with Gasteiger partial charge in [0.1, 0.15) is 16.6 Å². The molecule has 0 saturated heterocycles. The van der Waals surface area contributed by atoms with Crippen molar-refractivity contribution >= 4 is 28.1 Å². The zero-order chi connectivity index (χ0) is 21.8. The van der Waals surface area contributed by atoms with Crippen molar-refractivity contribution in [1.29, 1.82) is 0 Å². The summed E-state index contributed by atoms with van der Waals surface area (Å²) in [6.45, 7) is 4.07. The number of amides is 1. The first kappa shape index (κ1) is 20.8. The Bertz CT molecular complexity index is 1170. The van der Waals surface area contributed by atoms with E-state index in [2.05, 4.69) is 15.6 Å². The molecule has 1 atom stereocenters. The Morgan fingerprint density at radius 3 is 2.35 bits per heavy atom. The molecule has 2 heterocycles. The lowest BCUT2D eigenvalue weighted by Crippen LogP contribution is -2.18. The highest BCUT2D eigenvalue weighted by atomic mass is 32.1. The minimum Gasteiger partial charge on any atom is -0.359 e. The van der Waals surface area contributed by atoms with Gasteiger partial charge < -0.3 is 10.6 Å². The Balaban J connectivity index is 1.77. The number of rotatable bonds is 6. The molecule has 4 rings (SSSR count). The number of halogens is 1. The normalized spacial score (nSPS) is 11.7. The van der Waals surface area contributed by atoms with Crippen LogP contribution < -0.4 is 10.6 Å². The lowest BCUT2D eigenvalue weighted by molar-refractivity contribution is 0.102. The molecular weight excluding hydrogens is 409 g/mol. The van der Waals surface area contributed by atoms with Gasteiger partial charge in [-0.1, -0.05) is 36.4 Å². The number of carbonyl (C=O) groups is 1. The molecule has 6 heteroatoms. The largest absolute Gasteiger partial charge is 0.359 e. The van der Waals surface area contributed by atoms with Gasteiger partial charge in [-0.25, -0.2) is 9.37 Å². The third kappa shape index (κ3) is 4.64. The van der Waals surface area contributed by atoms with E-state index in [0.717, 1.165) is 26.6 Å². The number of nitrogens with one attached hydrogen (secondary N) is 2. The highest BCUT2D eigenvalue weighted by molar-refractivity contribution is 7.16. The maximum absolute atomic E-state index is 13.6. The van der Waals surface area contributed by atoms with Crippen LogP contribution in [-0.4, -0.2) is 10.9 Å². The predicted molar refractivity (Wildman–Crippen MR) is 124 cm³/mol. The van der Waals surface area contributed by atoms with Crippen LogP contribution in [0.15, 0.2) is 79.0 Å². The first-order valence-electron chi connectivity index (χ1n) is 9.92. The standard InChI is InChI=1S/C25H22FN3OS/c1-16-17(2)31-25(29-24(30)19-8-4-3-5-9-19)22(16)23(18-11-13-20(26)14-12-18)28-21-10-6-7-15-27-21/h3-15,23H,1-2H3,(H,27,28)(H,29,30)/t23-/m0/s1. The third-order valence-corrected chi connectivity index (χ3v) is 6.28. The molecule has 0 aliphatic rings. The lowest BCUT2D eigenvalue weighted by atomic mass is 9.96. The summed E-state index contributed by atoms with van der Waals surface area (Å²) in [4.78, 5) is 18.4. The Kier molecular flexibility index (Phi) is 6.09. The number of benzene rings is 2. The number of aromatic nitrogens is 1. The lowest BCUT2D eigenvalue weighted by Gasteiger charge is -2.22. The van der Waals surface area contributed by atoms with Gasteiger partial charge in [-0.15, -0.1) is 11.3 Å². The van der Waals surface area contributed by atoms with E-state index < -0.39 is 0 Å². The summed E-state index contributed by atoms with van der Waals surface area (Å²) in [5, 5.41) is 7.31. The molecule has 0 unspecified atom stereocenters. The van der Waals surface area contributed by atoms with E-state index >= 15 is 0 Å². The topological polar surface area (TPSA) is 54.0 Å². The number of hydrogen-bond acceptors (Lipinski definition) is 4. The van der Waals surface area contributed by atoms with Crippen LogP contribution >= 0.6 is 11.3 Å². The average molecular weight is 432 g/mol. The Morgan fingerprint density at radius 2 is 1.68 bits per heavy atom. The van der Waals surface area contributed by atoms with E-state index in [9.17, 15) is 9.18 Å². The molecule has 2 N–H and O–H groups in total. The Morgan fingerprint density at radius 1 is 0.968 bits per heavy atom. The quantitative estimate of drug-likeness (QED) is 0.374. The zero-order valence-electron chi connectivity index (χ0n) is 17.2. The van der Waals surface area contributed by atoms with Gasteiger partial charge in [0.15, 0.2) is 0 Å². The number of carbonyl (C=O) groups excluding carboxylic acids is 1. The Hall–Kier alpha value is -3.51. The average Bonchev–Trinajstić information content (AvgIpc) is 3.07. The van der Waals surface area contributed by atoms with Gasteiger partial charge in [-0.3, -0.25) is 4.79 Å². The van der Waals surface area contributed by atoms with Gasteiger partial charge in [0.2, 0.25) is 0 Å². The van der Waals surface area contributed by atoms with Crippen molar-refractivity contribution in [2.75, 3.05) is 10.6 Å². The van der Waals surface area contributed by atoms with Crippen molar-refractivity contribution in [3.63, 3.8) is 0 Å². The number of hydrogen-bond donors (Lipinski definition) is 2. The minimum atomic E-state index is -0.313. The van der Waals surface area contributed by atoms with Gasteiger partial charge in [0.25, 0.3) is 5.91 Å². The van der Waals surface area contributed by atoms with Gasteiger partial charge in [-0.2, -0.15) is 0 Å². The van der Waals surface area contributed by atoms with E-state index in [1.807, 2.05) is 50.2 Å². The first-order valence-corrected chi connectivity index (χ1v) is 10.7. The fraction of sp³-hybridized carbons (Fsp3) is 0.120. The van der Waals surface area contributed by atoms with Crippen LogP contribution in [0.25, 0.3) is 0 Å². The van der Waals surface area contributed by atoms with Crippen LogP contribution in [0.5, 0.6) is 0 Å². The van der Waals surface area contributed by atoms with Crippen molar-refractivity contribution in [1.82, 2.24) is 4.98 Å². The summed E-state index contributed by atoms with van der Waals surface area (Å²) < 4.78 is 13.6. The fourth-order valence-corrected chi connectivity index (χ4v) is 4.52. The van der Waals surface area contributed by atoms with Gasteiger partial charge in [-0.05, 0) is 61.4 Å². The minimum absolute atomic E-state index is 0.168. The molecule has 0 aliphatic heterocycles. The van der Waals surface area contributed by atoms with Crippen molar-refractivity contribution in [3.05, 3.63) is 112 Å². The van der Waals surface area contributed by atoms with Crippen LogP contribution in [0, 0.1) is 19.7 Å². The summed E-state index contributed by atoms with van der Waals surface area (Å²) in [5.74, 6) is 0.232. The Labute approximate surface area is 184 Å². The molecular formula is C25H22FN3OS. The number of pyridine rings is 1. The molecule has 2 aromatic heterocycles. The summed E-state index contributed by atoms with van der Waals surface area (Å²) in [6, 6.07) is 20.8. The highest BCUT2D eigenvalue weighted by Crippen LogP contribution is 2.41. The van der Waals surface area contributed by atoms with E-state index in [4.69, 9.17) is 0 Å². The van der Waals surface area contributed by atoms with E-state index in [-0.39, 0.29) is 17.8 Å².